The maximum absolute atomic E-state index is 12.9. The lowest BCUT2D eigenvalue weighted by Gasteiger charge is -2.07. The molecular formula is C18H17FN4O2. The first-order valence-electron chi connectivity index (χ1n) is 7.72. The number of carbonyl (C=O) groups is 1. The van der Waals surface area contributed by atoms with Crippen LogP contribution in [-0.4, -0.2) is 16.2 Å². The lowest BCUT2D eigenvalue weighted by Crippen LogP contribution is -2.19. The van der Waals surface area contributed by atoms with E-state index in [1.54, 1.807) is 12.1 Å². The topological polar surface area (TPSA) is 80.0 Å². The molecule has 0 saturated carbocycles. The molecule has 1 heterocycles. The van der Waals surface area contributed by atoms with Gasteiger partial charge in [-0.25, -0.2) is 9.18 Å². The molecule has 0 unspecified atom stereocenters. The van der Waals surface area contributed by atoms with Gasteiger partial charge in [-0.1, -0.05) is 23.3 Å². The van der Waals surface area contributed by atoms with E-state index >= 15 is 0 Å². The molecule has 1 aromatic heterocycles. The van der Waals surface area contributed by atoms with Gasteiger partial charge in [0.2, 0.25) is 5.89 Å². The number of benzene rings is 2. The molecule has 3 aromatic rings. The third-order valence-corrected chi connectivity index (χ3v) is 3.72. The second kappa shape index (κ2) is 7.12. The van der Waals surface area contributed by atoms with Crippen LogP contribution in [0.1, 0.15) is 22.6 Å². The van der Waals surface area contributed by atoms with Crippen LogP contribution in [-0.2, 0) is 6.42 Å². The maximum atomic E-state index is 12.9. The summed E-state index contributed by atoms with van der Waals surface area (Å²) in [5, 5.41) is 12.8. The molecule has 128 valence electrons. The normalized spacial score (nSPS) is 10.5. The Bertz CT molecular complexity index is 890. The predicted octanol–water partition coefficient (Wildman–Crippen LogP) is 4.06. The molecule has 0 fully saturated rings. The second-order valence-electron chi connectivity index (χ2n) is 5.68. The molecule has 2 N–H and O–H groups in total. The quantitative estimate of drug-likeness (QED) is 0.750. The minimum absolute atomic E-state index is 0.00144. The highest BCUT2D eigenvalue weighted by Crippen LogP contribution is 2.15. The van der Waals surface area contributed by atoms with E-state index in [1.807, 2.05) is 32.0 Å². The molecule has 0 aliphatic carbocycles. The highest BCUT2D eigenvalue weighted by molar-refractivity contribution is 5.98. The number of anilines is 2. The minimum atomic E-state index is -0.472. The second-order valence-corrected chi connectivity index (χ2v) is 5.68. The van der Waals surface area contributed by atoms with Crippen LogP contribution in [0.25, 0.3) is 0 Å². The molecule has 0 aliphatic heterocycles. The fourth-order valence-corrected chi connectivity index (χ4v) is 2.23. The van der Waals surface area contributed by atoms with E-state index in [4.69, 9.17) is 4.42 Å². The third-order valence-electron chi connectivity index (χ3n) is 3.72. The molecule has 7 heteroatoms. The minimum Gasteiger partial charge on any atom is -0.407 e. The first-order chi connectivity index (χ1) is 12.0. The van der Waals surface area contributed by atoms with Crippen molar-refractivity contribution < 1.29 is 13.6 Å². The lowest BCUT2D eigenvalue weighted by atomic mass is 10.1. The van der Waals surface area contributed by atoms with Crippen LogP contribution >= 0.6 is 0 Å². The van der Waals surface area contributed by atoms with Gasteiger partial charge in [-0.2, -0.15) is 0 Å². The lowest BCUT2D eigenvalue weighted by molar-refractivity contribution is 0.261. The van der Waals surface area contributed by atoms with Crippen LogP contribution < -0.4 is 10.6 Å². The highest BCUT2D eigenvalue weighted by Gasteiger charge is 2.11. The number of nitrogens with one attached hydrogen (secondary N) is 2. The van der Waals surface area contributed by atoms with E-state index in [0.29, 0.717) is 18.0 Å². The number of rotatable bonds is 4. The van der Waals surface area contributed by atoms with Crippen molar-refractivity contribution in [3.05, 3.63) is 70.9 Å². The number of halogens is 1. The van der Waals surface area contributed by atoms with E-state index in [-0.39, 0.29) is 11.8 Å². The van der Waals surface area contributed by atoms with Crippen LogP contribution in [0.5, 0.6) is 0 Å². The molecule has 0 spiro atoms. The third kappa shape index (κ3) is 4.41. The summed E-state index contributed by atoms with van der Waals surface area (Å²) >= 11 is 0. The summed E-state index contributed by atoms with van der Waals surface area (Å²) in [5.74, 6) is 0.0211. The fraction of sp³-hybridized carbons (Fsp3) is 0.167. The average Bonchev–Trinajstić information content (AvgIpc) is 3.00. The number of urea groups is 1. The summed E-state index contributed by atoms with van der Waals surface area (Å²) in [4.78, 5) is 12.0. The Morgan fingerprint density at radius 1 is 1.04 bits per heavy atom. The van der Waals surface area contributed by atoms with Gasteiger partial charge in [0.15, 0.2) is 0 Å². The van der Waals surface area contributed by atoms with Crippen molar-refractivity contribution in [2.45, 2.75) is 20.3 Å². The summed E-state index contributed by atoms with van der Waals surface area (Å²) in [6, 6.07) is 11.2. The van der Waals surface area contributed by atoms with E-state index in [9.17, 15) is 9.18 Å². The zero-order valence-electron chi connectivity index (χ0n) is 13.8. The van der Waals surface area contributed by atoms with Crippen molar-refractivity contribution >= 4 is 17.7 Å². The standard InChI is InChI=1S/C18H17FN4O2/c1-11-3-8-15(9-12(11)2)20-17(24)21-18-23-22-16(25-18)10-13-4-6-14(19)7-5-13/h3-9H,10H2,1-2H3,(H2,20,21,23,24). The monoisotopic (exact) mass is 340 g/mol. The Morgan fingerprint density at radius 3 is 2.52 bits per heavy atom. The van der Waals surface area contributed by atoms with E-state index in [1.165, 1.54) is 12.1 Å². The van der Waals surface area contributed by atoms with Crippen LogP contribution in [0.3, 0.4) is 0 Å². The van der Waals surface area contributed by atoms with Crippen LogP contribution in [0.2, 0.25) is 0 Å². The van der Waals surface area contributed by atoms with Gasteiger partial charge in [-0.3, -0.25) is 5.32 Å². The van der Waals surface area contributed by atoms with Crippen molar-refractivity contribution in [3.8, 4) is 0 Å². The van der Waals surface area contributed by atoms with Crippen molar-refractivity contribution in [3.63, 3.8) is 0 Å². The molecule has 0 radical (unpaired) electrons. The number of hydrogen-bond donors (Lipinski definition) is 2. The Morgan fingerprint density at radius 2 is 1.80 bits per heavy atom. The van der Waals surface area contributed by atoms with Crippen molar-refractivity contribution in [2.75, 3.05) is 10.6 Å². The summed E-state index contributed by atoms with van der Waals surface area (Å²) in [6.07, 6.45) is 0.355. The summed E-state index contributed by atoms with van der Waals surface area (Å²) in [5.41, 5.74) is 3.73. The number of hydrogen-bond acceptors (Lipinski definition) is 4. The molecule has 0 saturated heterocycles. The number of amides is 2. The Kier molecular flexibility index (Phi) is 4.74. The number of nitrogens with zero attached hydrogens (tertiary/aromatic N) is 2. The van der Waals surface area contributed by atoms with Gasteiger partial charge in [0.05, 0.1) is 6.42 Å². The summed E-state index contributed by atoms with van der Waals surface area (Å²) < 4.78 is 18.3. The molecule has 25 heavy (non-hydrogen) atoms. The Hall–Kier alpha value is -3.22. The van der Waals surface area contributed by atoms with Gasteiger partial charge in [-0.05, 0) is 54.8 Å². The molecular weight excluding hydrogens is 323 g/mol. The molecule has 0 bridgehead atoms. The van der Waals surface area contributed by atoms with Crippen LogP contribution in [0, 0.1) is 19.7 Å². The Labute approximate surface area is 144 Å². The van der Waals surface area contributed by atoms with Gasteiger partial charge >= 0.3 is 12.0 Å². The SMILES string of the molecule is Cc1ccc(NC(=O)Nc2nnc(Cc3ccc(F)cc3)o2)cc1C. The fourth-order valence-electron chi connectivity index (χ4n) is 2.23. The number of aromatic nitrogens is 2. The molecule has 2 amide bonds. The first kappa shape index (κ1) is 16.6. The zero-order chi connectivity index (χ0) is 17.8. The summed E-state index contributed by atoms with van der Waals surface area (Å²) in [7, 11) is 0. The van der Waals surface area contributed by atoms with Crippen molar-refractivity contribution in [1.82, 2.24) is 10.2 Å². The first-order valence-corrected chi connectivity index (χ1v) is 7.72. The van der Waals surface area contributed by atoms with Gasteiger partial charge in [-0.15, -0.1) is 5.10 Å². The number of aryl methyl sites for hydroxylation is 2. The van der Waals surface area contributed by atoms with Crippen molar-refractivity contribution in [1.29, 1.82) is 0 Å². The molecule has 0 atom stereocenters. The van der Waals surface area contributed by atoms with Gasteiger partial charge in [0, 0.05) is 5.69 Å². The van der Waals surface area contributed by atoms with Gasteiger partial charge < -0.3 is 9.73 Å². The number of carbonyl (C=O) groups excluding carboxylic acids is 1. The predicted molar refractivity (Wildman–Crippen MR) is 92.1 cm³/mol. The van der Waals surface area contributed by atoms with Crippen LogP contribution in [0.4, 0.5) is 20.9 Å². The largest absolute Gasteiger partial charge is 0.407 e. The smallest absolute Gasteiger partial charge is 0.327 e. The zero-order valence-corrected chi connectivity index (χ0v) is 13.8. The van der Waals surface area contributed by atoms with Gasteiger partial charge in [0.25, 0.3) is 0 Å². The van der Waals surface area contributed by atoms with Crippen LogP contribution in [0.15, 0.2) is 46.9 Å². The van der Waals surface area contributed by atoms with E-state index in [2.05, 4.69) is 20.8 Å². The van der Waals surface area contributed by atoms with E-state index in [0.717, 1.165) is 16.7 Å². The Balaban J connectivity index is 1.59. The van der Waals surface area contributed by atoms with E-state index < -0.39 is 6.03 Å². The summed E-state index contributed by atoms with van der Waals surface area (Å²) in [6.45, 7) is 3.97. The average molecular weight is 340 g/mol. The van der Waals surface area contributed by atoms with Gasteiger partial charge in [0.1, 0.15) is 5.82 Å². The molecule has 2 aromatic carbocycles. The molecule has 6 nitrogen and oxygen atoms in total. The van der Waals surface area contributed by atoms with Crippen molar-refractivity contribution in [2.24, 2.45) is 0 Å². The molecule has 3 rings (SSSR count). The highest BCUT2D eigenvalue weighted by atomic mass is 19.1. The molecule has 0 aliphatic rings. The maximum Gasteiger partial charge on any atom is 0.327 e.